The molecular weight excluding hydrogens is 376 g/mol. The number of nitrogens with two attached hydrogens (primary N) is 1. The van der Waals surface area contributed by atoms with E-state index in [9.17, 15) is 8.42 Å². The van der Waals surface area contributed by atoms with Gasteiger partial charge in [0.05, 0.1) is 10.3 Å². The van der Waals surface area contributed by atoms with E-state index in [0.717, 1.165) is 22.2 Å². The number of primary sulfonamides is 1. The average molecular weight is 390 g/mol. The van der Waals surface area contributed by atoms with Gasteiger partial charge in [0.25, 0.3) is 0 Å². The Labute approximate surface area is 159 Å². The molecule has 0 saturated heterocycles. The largest absolute Gasteiger partial charge is 0.301 e. The summed E-state index contributed by atoms with van der Waals surface area (Å²) in [5.74, 6) is 0. The number of rotatable bonds is 3. The zero-order valence-electron chi connectivity index (χ0n) is 14.5. The summed E-state index contributed by atoms with van der Waals surface area (Å²) in [5, 5.41) is 14.3. The molecule has 0 fully saturated rings. The van der Waals surface area contributed by atoms with Crippen LogP contribution in [-0.2, 0) is 10.0 Å². The molecule has 0 aliphatic heterocycles. The quantitative estimate of drug-likeness (QED) is 0.509. The van der Waals surface area contributed by atoms with Crippen molar-refractivity contribution in [3.05, 3.63) is 73.4 Å². The highest BCUT2D eigenvalue weighted by molar-refractivity contribution is 7.89. The van der Waals surface area contributed by atoms with Crippen LogP contribution in [0.1, 0.15) is 0 Å². The lowest BCUT2D eigenvalue weighted by Crippen LogP contribution is -2.12. The van der Waals surface area contributed by atoms with E-state index in [2.05, 4.69) is 15.2 Å². The number of nitrogens with zero attached hydrogens (tertiary/aromatic N) is 5. The molecule has 0 aliphatic carbocycles. The van der Waals surface area contributed by atoms with E-state index in [1.54, 1.807) is 29.2 Å². The second kappa shape index (κ2) is 5.98. The normalized spacial score (nSPS) is 12.0. The Balaban J connectivity index is 1.81. The molecule has 0 atom stereocenters. The summed E-state index contributed by atoms with van der Waals surface area (Å²) in [4.78, 5) is 4.64. The van der Waals surface area contributed by atoms with Gasteiger partial charge in [0.2, 0.25) is 10.0 Å². The Kier molecular flexibility index (Phi) is 3.54. The van der Waals surface area contributed by atoms with Crippen LogP contribution in [0.5, 0.6) is 0 Å². The molecule has 0 amide bonds. The fourth-order valence-electron chi connectivity index (χ4n) is 3.30. The molecule has 0 saturated carbocycles. The summed E-state index contributed by atoms with van der Waals surface area (Å²) >= 11 is 0. The number of hydrogen-bond donors (Lipinski definition) is 1. The van der Waals surface area contributed by atoms with Gasteiger partial charge in [0.15, 0.2) is 11.3 Å². The van der Waals surface area contributed by atoms with Crippen molar-refractivity contribution >= 4 is 26.7 Å². The standard InChI is InChI=1S/C19H14N6O2S/c20-28(26,27)15-8-6-14(7-9-15)25-10-16(13-4-2-1-3-5-13)17-18(25)21-11-24-12-22-23-19(17)24/h1-12H,(H2,20,26,27). The molecule has 2 aromatic carbocycles. The minimum atomic E-state index is -3.75. The van der Waals surface area contributed by atoms with Gasteiger partial charge in [0, 0.05) is 17.4 Å². The fraction of sp³-hybridized carbons (Fsp3) is 0. The van der Waals surface area contributed by atoms with Crippen LogP contribution < -0.4 is 5.14 Å². The Morgan fingerprint density at radius 2 is 1.64 bits per heavy atom. The van der Waals surface area contributed by atoms with Crippen LogP contribution in [0.25, 0.3) is 33.5 Å². The lowest BCUT2D eigenvalue weighted by atomic mass is 10.1. The highest BCUT2D eigenvalue weighted by atomic mass is 32.2. The molecule has 0 bridgehead atoms. The van der Waals surface area contributed by atoms with Crippen molar-refractivity contribution in [2.75, 3.05) is 0 Å². The lowest BCUT2D eigenvalue weighted by Gasteiger charge is -2.06. The molecule has 0 aliphatic rings. The number of hydrogen-bond acceptors (Lipinski definition) is 5. The van der Waals surface area contributed by atoms with Gasteiger partial charge < -0.3 is 4.57 Å². The van der Waals surface area contributed by atoms with Crippen molar-refractivity contribution in [2.45, 2.75) is 4.90 Å². The topological polar surface area (TPSA) is 108 Å². The van der Waals surface area contributed by atoms with E-state index < -0.39 is 10.0 Å². The summed E-state index contributed by atoms with van der Waals surface area (Å²) in [6.07, 6.45) is 5.23. The molecule has 0 unspecified atom stereocenters. The zero-order chi connectivity index (χ0) is 19.3. The predicted octanol–water partition coefficient (Wildman–Crippen LogP) is 2.38. The number of sulfonamides is 1. The molecule has 138 valence electrons. The molecule has 3 heterocycles. The van der Waals surface area contributed by atoms with E-state index in [1.807, 2.05) is 41.1 Å². The third kappa shape index (κ3) is 2.56. The zero-order valence-corrected chi connectivity index (χ0v) is 15.3. The molecule has 5 rings (SSSR count). The Bertz CT molecular complexity index is 1420. The van der Waals surface area contributed by atoms with Crippen LogP contribution in [-0.4, -0.2) is 32.6 Å². The highest BCUT2D eigenvalue weighted by Gasteiger charge is 2.17. The van der Waals surface area contributed by atoms with Crippen molar-refractivity contribution < 1.29 is 8.42 Å². The maximum atomic E-state index is 11.5. The van der Waals surface area contributed by atoms with Crippen molar-refractivity contribution in [3.8, 4) is 16.8 Å². The number of aromatic nitrogens is 5. The van der Waals surface area contributed by atoms with Crippen molar-refractivity contribution in [3.63, 3.8) is 0 Å². The second-order valence-electron chi connectivity index (χ2n) is 6.32. The summed E-state index contributed by atoms with van der Waals surface area (Å²) < 4.78 is 26.7. The number of fused-ring (bicyclic) bond motifs is 3. The fourth-order valence-corrected chi connectivity index (χ4v) is 3.81. The van der Waals surface area contributed by atoms with Gasteiger partial charge in [-0.05, 0) is 29.8 Å². The Hall–Kier alpha value is -3.56. The summed E-state index contributed by atoms with van der Waals surface area (Å²) in [6, 6.07) is 16.3. The van der Waals surface area contributed by atoms with Crippen molar-refractivity contribution in [1.82, 2.24) is 24.1 Å². The highest BCUT2D eigenvalue weighted by Crippen LogP contribution is 2.33. The molecule has 0 radical (unpaired) electrons. The maximum Gasteiger partial charge on any atom is 0.238 e. The molecule has 0 spiro atoms. The second-order valence-corrected chi connectivity index (χ2v) is 7.88. The lowest BCUT2D eigenvalue weighted by molar-refractivity contribution is 0.598. The van der Waals surface area contributed by atoms with E-state index in [-0.39, 0.29) is 4.90 Å². The average Bonchev–Trinajstić information content (AvgIpc) is 3.32. The van der Waals surface area contributed by atoms with E-state index in [0.29, 0.717) is 11.3 Å². The smallest absolute Gasteiger partial charge is 0.238 e. The summed E-state index contributed by atoms with van der Waals surface area (Å²) in [5.41, 5.74) is 4.13. The molecule has 8 nitrogen and oxygen atoms in total. The van der Waals surface area contributed by atoms with Gasteiger partial charge in [-0.3, -0.25) is 4.40 Å². The van der Waals surface area contributed by atoms with Crippen LogP contribution >= 0.6 is 0 Å². The van der Waals surface area contributed by atoms with E-state index in [4.69, 9.17) is 5.14 Å². The van der Waals surface area contributed by atoms with Crippen molar-refractivity contribution in [2.24, 2.45) is 5.14 Å². The first-order valence-corrected chi connectivity index (χ1v) is 9.95. The third-order valence-electron chi connectivity index (χ3n) is 4.61. The summed E-state index contributed by atoms with van der Waals surface area (Å²) in [7, 11) is -3.75. The molecule has 2 N–H and O–H groups in total. The predicted molar refractivity (Wildman–Crippen MR) is 104 cm³/mol. The van der Waals surface area contributed by atoms with Crippen LogP contribution in [0, 0.1) is 0 Å². The van der Waals surface area contributed by atoms with Crippen LogP contribution in [0.2, 0.25) is 0 Å². The van der Waals surface area contributed by atoms with Crippen LogP contribution in [0.3, 0.4) is 0 Å². The van der Waals surface area contributed by atoms with Gasteiger partial charge >= 0.3 is 0 Å². The number of benzene rings is 2. The van der Waals surface area contributed by atoms with Gasteiger partial charge in [-0.25, -0.2) is 18.5 Å². The van der Waals surface area contributed by atoms with Crippen molar-refractivity contribution in [1.29, 1.82) is 0 Å². The van der Waals surface area contributed by atoms with Gasteiger partial charge in [-0.1, -0.05) is 30.3 Å². The van der Waals surface area contributed by atoms with Crippen LogP contribution in [0.4, 0.5) is 0 Å². The first kappa shape index (κ1) is 16.6. The molecule has 3 aromatic heterocycles. The molecular formula is C19H14N6O2S. The Morgan fingerprint density at radius 3 is 2.36 bits per heavy atom. The Morgan fingerprint density at radius 1 is 0.893 bits per heavy atom. The SMILES string of the molecule is NS(=O)(=O)c1ccc(-n2cc(-c3ccccc3)c3c2ncn2cnnc32)cc1. The first-order valence-electron chi connectivity index (χ1n) is 8.40. The minimum absolute atomic E-state index is 0.0591. The van der Waals surface area contributed by atoms with E-state index in [1.165, 1.54) is 12.1 Å². The summed E-state index contributed by atoms with van der Waals surface area (Å²) in [6.45, 7) is 0. The van der Waals surface area contributed by atoms with Gasteiger partial charge in [-0.2, -0.15) is 0 Å². The minimum Gasteiger partial charge on any atom is -0.301 e. The first-order chi connectivity index (χ1) is 13.5. The van der Waals surface area contributed by atoms with Gasteiger partial charge in [0.1, 0.15) is 12.7 Å². The third-order valence-corrected chi connectivity index (χ3v) is 5.54. The monoisotopic (exact) mass is 390 g/mol. The maximum absolute atomic E-state index is 11.5. The molecule has 9 heteroatoms. The van der Waals surface area contributed by atoms with Gasteiger partial charge in [-0.15, -0.1) is 10.2 Å². The molecule has 5 aromatic rings. The van der Waals surface area contributed by atoms with Crippen LogP contribution in [0.15, 0.2) is 78.3 Å². The molecule has 28 heavy (non-hydrogen) atoms. The van der Waals surface area contributed by atoms with E-state index >= 15 is 0 Å².